The molecule has 3 atom stereocenters. The molecule has 0 aromatic heterocycles. The van der Waals surface area contributed by atoms with E-state index < -0.39 is 0 Å². The molecule has 0 saturated heterocycles. The van der Waals surface area contributed by atoms with Crippen LogP contribution in [0.1, 0.15) is 72.1 Å². The van der Waals surface area contributed by atoms with Gasteiger partial charge < -0.3 is 5.73 Å². The smallest absolute Gasteiger partial charge is 0.223 e. The van der Waals surface area contributed by atoms with Gasteiger partial charge in [-0.3, -0.25) is 4.79 Å². The van der Waals surface area contributed by atoms with Crippen molar-refractivity contribution in [2.75, 3.05) is 0 Å². The molecule has 0 radical (unpaired) electrons. The molecular weight excluding hydrogens is 234 g/mol. The SMILES string of the molecule is CC1(C)C2CCC1(C)[C@@H](C1(C(N)=O)CCCCC1)C2. The van der Waals surface area contributed by atoms with Gasteiger partial charge in [-0.2, -0.15) is 0 Å². The summed E-state index contributed by atoms with van der Waals surface area (Å²) in [5.41, 5.74) is 6.45. The molecule has 0 spiro atoms. The Kier molecular flexibility index (Phi) is 2.82. The van der Waals surface area contributed by atoms with Crippen LogP contribution in [0.25, 0.3) is 0 Å². The fourth-order valence-corrected chi connectivity index (χ4v) is 5.99. The highest BCUT2D eigenvalue weighted by Crippen LogP contribution is 2.72. The van der Waals surface area contributed by atoms with E-state index in [9.17, 15) is 4.79 Å². The molecule has 3 aliphatic rings. The summed E-state index contributed by atoms with van der Waals surface area (Å²) in [7, 11) is 0. The van der Waals surface area contributed by atoms with Crippen molar-refractivity contribution in [3.63, 3.8) is 0 Å². The number of primary amides is 1. The fourth-order valence-electron chi connectivity index (χ4n) is 5.99. The van der Waals surface area contributed by atoms with Crippen LogP contribution < -0.4 is 5.73 Å². The molecule has 0 heterocycles. The highest BCUT2D eigenvalue weighted by molar-refractivity contribution is 5.81. The summed E-state index contributed by atoms with van der Waals surface area (Å²) in [5, 5.41) is 0. The van der Waals surface area contributed by atoms with Crippen LogP contribution in [0.15, 0.2) is 0 Å². The lowest BCUT2D eigenvalue weighted by Gasteiger charge is -2.49. The summed E-state index contributed by atoms with van der Waals surface area (Å²) in [6, 6.07) is 0. The van der Waals surface area contributed by atoms with Crippen LogP contribution in [-0.2, 0) is 4.79 Å². The largest absolute Gasteiger partial charge is 0.369 e. The van der Waals surface area contributed by atoms with Crippen LogP contribution in [0.3, 0.4) is 0 Å². The first-order valence-electron chi connectivity index (χ1n) is 8.14. The molecule has 19 heavy (non-hydrogen) atoms. The lowest BCUT2D eigenvalue weighted by Crippen LogP contribution is -2.50. The molecule has 3 aliphatic carbocycles. The van der Waals surface area contributed by atoms with Crippen molar-refractivity contribution in [1.82, 2.24) is 0 Å². The van der Waals surface area contributed by atoms with Crippen molar-refractivity contribution in [3.8, 4) is 0 Å². The quantitative estimate of drug-likeness (QED) is 0.807. The van der Waals surface area contributed by atoms with Crippen LogP contribution in [0.5, 0.6) is 0 Å². The number of fused-ring (bicyclic) bond motifs is 2. The number of carbonyl (C=O) groups is 1. The molecule has 3 fully saturated rings. The first-order chi connectivity index (χ1) is 8.84. The standard InChI is InChI=1S/C17H29NO/c1-15(2)12-7-10-16(15,3)13(11-12)17(14(18)19)8-5-4-6-9-17/h12-13H,4-11H2,1-3H3,(H2,18,19)/t12?,13-,16?/m0/s1. The summed E-state index contributed by atoms with van der Waals surface area (Å²) in [6.07, 6.45) is 9.66. The molecule has 3 rings (SSSR count). The summed E-state index contributed by atoms with van der Waals surface area (Å²) >= 11 is 0. The number of amides is 1. The molecule has 2 nitrogen and oxygen atoms in total. The third-order valence-electron chi connectivity index (χ3n) is 7.70. The Morgan fingerprint density at radius 2 is 1.68 bits per heavy atom. The van der Waals surface area contributed by atoms with Gasteiger partial charge in [0.05, 0.1) is 5.41 Å². The summed E-state index contributed by atoms with van der Waals surface area (Å²) in [6.45, 7) is 7.31. The maximum atomic E-state index is 12.3. The molecular formula is C17H29NO. The molecule has 0 aliphatic heterocycles. The molecule has 1 amide bonds. The number of rotatable bonds is 2. The lowest BCUT2D eigenvalue weighted by atomic mass is 9.54. The van der Waals surface area contributed by atoms with E-state index in [1.807, 2.05) is 0 Å². The Hall–Kier alpha value is -0.530. The summed E-state index contributed by atoms with van der Waals surface area (Å²) in [5.74, 6) is 1.34. The molecule has 2 heteroatoms. The maximum absolute atomic E-state index is 12.3. The molecule has 2 bridgehead atoms. The third kappa shape index (κ3) is 1.52. The topological polar surface area (TPSA) is 43.1 Å². The van der Waals surface area contributed by atoms with E-state index in [0.717, 1.165) is 18.8 Å². The van der Waals surface area contributed by atoms with Crippen molar-refractivity contribution in [2.24, 2.45) is 33.8 Å². The first kappa shape index (κ1) is 13.5. The van der Waals surface area contributed by atoms with Gasteiger partial charge in [0.15, 0.2) is 0 Å². The van der Waals surface area contributed by atoms with E-state index in [-0.39, 0.29) is 11.3 Å². The maximum Gasteiger partial charge on any atom is 0.223 e. The van der Waals surface area contributed by atoms with E-state index in [0.29, 0.717) is 16.7 Å². The first-order valence-corrected chi connectivity index (χ1v) is 8.14. The van der Waals surface area contributed by atoms with Crippen LogP contribution in [-0.4, -0.2) is 5.91 Å². The monoisotopic (exact) mass is 263 g/mol. The van der Waals surface area contributed by atoms with Crippen molar-refractivity contribution in [3.05, 3.63) is 0 Å². The minimum absolute atomic E-state index is 0.00164. The second kappa shape index (κ2) is 3.99. The van der Waals surface area contributed by atoms with Crippen LogP contribution in [0.2, 0.25) is 0 Å². The van der Waals surface area contributed by atoms with Gasteiger partial charge in [0, 0.05) is 0 Å². The molecule has 0 aromatic carbocycles. The zero-order valence-electron chi connectivity index (χ0n) is 12.8. The fraction of sp³-hybridized carbons (Fsp3) is 0.941. The van der Waals surface area contributed by atoms with E-state index in [2.05, 4.69) is 20.8 Å². The number of nitrogens with two attached hydrogens (primary N) is 1. The van der Waals surface area contributed by atoms with Gasteiger partial charge in [-0.1, -0.05) is 40.0 Å². The van der Waals surface area contributed by atoms with Gasteiger partial charge in [-0.25, -0.2) is 0 Å². The molecule has 2 unspecified atom stereocenters. The van der Waals surface area contributed by atoms with Gasteiger partial charge in [-0.15, -0.1) is 0 Å². The normalized spacial score (nSPS) is 43.3. The van der Waals surface area contributed by atoms with E-state index >= 15 is 0 Å². The second-order valence-corrected chi connectivity index (χ2v) is 8.24. The van der Waals surface area contributed by atoms with Crippen molar-refractivity contribution in [2.45, 2.75) is 72.1 Å². The Morgan fingerprint density at radius 3 is 2.11 bits per heavy atom. The van der Waals surface area contributed by atoms with Crippen molar-refractivity contribution in [1.29, 1.82) is 0 Å². The van der Waals surface area contributed by atoms with Crippen LogP contribution in [0, 0.1) is 28.1 Å². The molecule has 3 saturated carbocycles. The Bertz CT molecular complexity index is 394. The molecule has 108 valence electrons. The minimum atomic E-state index is -0.181. The zero-order chi connectivity index (χ0) is 13.9. The summed E-state index contributed by atoms with van der Waals surface area (Å²) in [4.78, 5) is 12.3. The summed E-state index contributed by atoms with van der Waals surface area (Å²) < 4.78 is 0. The lowest BCUT2D eigenvalue weighted by molar-refractivity contribution is -0.138. The van der Waals surface area contributed by atoms with Gasteiger partial charge >= 0.3 is 0 Å². The highest BCUT2D eigenvalue weighted by Gasteiger charge is 2.66. The second-order valence-electron chi connectivity index (χ2n) is 8.24. The Balaban J connectivity index is 2.00. The zero-order valence-corrected chi connectivity index (χ0v) is 12.8. The Labute approximate surface area is 117 Å². The van der Waals surface area contributed by atoms with Crippen LogP contribution in [0.4, 0.5) is 0 Å². The van der Waals surface area contributed by atoms with E-state index in [1.165, 1.54) is 38.5 Å². The molecule has 2 N–H and O–H groups in total. The van der Waals surface area contributed by atoms with Gasteiger partial charge in [0.1, 0.15) is 0 Å². The number of carbonyl (C=O) groups excluding carboxylic acids is 1. The number of hydrogen-bond donors (Lipinski definition) is 1. The van der Waals surface area contributed by atoms with Gasteiger partial charge in [-0.05, 0) is 54.8 Å². The third-order valence-corrected chi connectivity index (χ3v) is 7.70. The Morgan fingerprint density at radius 1 is 1.05 bits per heavy atom. The minimum Gasteiger partial charge on any atom is -0.369 e. The predicted octanol–water partition coefficient (Wildman–Crippen LogP) is 3.88. The molecule has 0 aromatic rings. The van der Waals surface area contributed by atoms with Crippen molar-refractivity contribution < 1.29 is 4.79 Å². The van der Waals surface area contributed by atoms with Gasteiger partial charge in [0.25, 0.3) is 0 Å². The van der Waals surface area contributed by atoms with Crippen molar-refractivity contribution >= 4 is 5.91 Å². The average Bonchev–Trinajstić information content (AvgIpc) is 2.72. The number of hydrogen-bond acceptors (Lipinski definition) is 1. The van der Waals surface area contributed by atoms with E-state index in [4.69, 9.17) is 5.73 Å². The highest BCUT2D eigenvalue weighted by atomic mass is 16.1. The average molecular weight is 263 g/mol. The van der Waals surface area contributed by atoms with Crippen LogP contribution >= 0.6 is 0 Å². The van der Waals surface area contributed by atoms with Gasteiger partial charge in [0.2, 0.25) is 5.91 Å². The predicted molar refractivity (Wildman–Crippen MR) is 77.4 cm³/mol. The van der Waals surface area contributed by atoms with E-state index in [1.54, 1.807) is 0 Å².